The summed E-state index contributed by atoms with van der Waals surface area (Å²) in [5, 5.41) is 1.29. The number of carbonyl (C=O) groups excluding carboxylic acids is 1. The molecule has 134 valence electrons. The molecule has 1 N–H and O–H groups in total. The van der Waals surface area contributed by atoms with Crippen LogP contribution in [0.4, 0.5) is 0 Å². The number of aromatic nitrogens is 1. The summed E-state index contributed by atoms with van der Waals surface area (Å²) in [7, 11) is 0. The third kappa shape index (κ3) is 3.25. The van der Waals surface area contributed by atoms with Crippen molar-refractivity contribution in [2.24, 2.45) is 0 Å². The smallest absolute Gasteiger partial charge is 0.338 e. The Morgan fingerprint density at radius 1 is 1.15 bits per heavy atom. The van der Waals surface area contributed by atoms with Crippen LogP contribution in [0.2, 0.25) is 0 Å². The van der Waals surface area contributed by atoms with E-state index in [-0.39, 0.29) is 11.9 Å². The summed E-state index contributed by atoms with van der Waals surface area (Å²) >= 11 is 0. The van der Waals surface area contributed by atoms with Crippen LogP contribution in [-0.4, -0.2) is 42.1 Å². The highest BCUT2D eigenvalue weighted by Gasteiger charge is 2.27. The molecule has 1 unspecified atom stereocenters. The molecule has 1 aliphatic heterocycles. The number of hydrogen-bond donors (Lipinski definition) is 1. The summed E-state index contributed by atoms with van der Waals surface area (Å²) in [6.07, 6.45) is 1.02. The van der Waals surface area contributed by atoms with Gasteiger partial charge in [-0.3, -0.25) is 0 Å². The molecule has 2 heterocycles. The average Bonchev–Trinajstić information content (AvgIpc) is 2.97. The molecule has 0 amide bonds. The molecule has 1 atom stereocenters. The van der Waals surface area contributed by atoms with Gasteiger partial charge in [-0.25, -0.2) is 4.79 Å². The first kappa shape index (κ1) is 16.9. The Kier molecular flexibility index (Phi) is 4.76. The SMILES string of the molecule is CCN1CCc2c([nH]c3ccccc23)C(COC(=O)c2ccccc2)C1. The maximum absolute atomic E-state index is 12.4. The Labute approximate surface area is 153 Å². The van der Waals surface area contributed by atoms with Crippen LogP contribution in [0.1, 0.15) is 34.5 Å². The number of nitrogens with one attached hydrogen (secondary N) is 1. The van der Waals surface area contributed by atoms with Crippen LogP contribution in [0.25, 0.3) is 10.9 Å². The predicted molar refractivity (Wildman–Crippen MR) is 104 cm³/mol. The summed E-state index contributed by atoms with van der Waals surface area (Å²) < 4.78 is 5.68. The number of nitrogens with zero attached hydrogens (tertiary/aromatic N) is 1. The zero-order chi connectivity index (χ0) is 17.9. The lowest BCUT2D eigenvalue weighted by molar-refractivity contribution is 0.0462. The molecule has 0 fully saturated rings. The van der Waals surface area contributed by atoms with Crippen molar-refractivity contribution >= 4 is 16.9 Å². The zero-order valence-corrected chi connectivity index (χ0v) is 15.1. The van der Waals surface area contributed by atoms with E-state index < -0.39 is 0 Å². The van der Waals surface area contributed by atoms with Crippen LogP contribution >= 0.6 is 0 Å². The monoisotopic (exact) mass is 348 g/mol. The van der Waals surface area contributed by atoms with E-state index >= 15 is 0 Å². The zero-order valence-electron chi connectivity index (χ0n) is 15.1. The number of rotatable bonds is 4. The minimum Gasteiger partial charge on any atom is -0.461 e. The van der Waals surface area contributed by atoms with Gasteiger partial charge in [-0.05, 0) is 36.7 Å². The van der Waals surface area contributed by atoms with E-state index in [1.54, 1.807) is 12.1 Å². The number of fused-ring (bicyclic) bond motifs is 3. The van der Waals surface area contributed by atoms with Gasteiger partial charge in [-0.2, -0.15) is 0 Å². The van der Waals surface area contributed by atoms with Gasteiger partial charge in [0.1, 0.15) is 6.61 Å². The maximum atomic E-state index is 12.4. The number of carbonyl (C=O) groups is 1. The first-order valence-electron chi connectivity index (χ1n) is 9.30. The van der Waals surface area contributed by atoms with Crippen molar-refractivity contribution in [1.29, 1.82) is 0 Å². The number of H-pyrrole nitrogens is 1. The van der Waals surface area contributed by atoms with Crippen LogP contribution in [0.3, 0.4) is 0 Å². The molecule has 0 bridgehead atoms. The highest BCUT2D eigenvalue weighted by molar-refractivity contribution is 5.89. The lowest BCUT2D eigenvalue weighted by Gasteiger charge is -2.23. The molecule has 2 aromatic carbocycles. The van der Waals surface area contributed by atoms with Crippen molar-refractivity contribution in [3.63, 3.8) is 0 Å². The summed E-state index contributed by atoms with van der Waals surface area (Å²) in [6.45, 7) is 5.52. The molecule has 0 saturated carbocycles. The topological polar surface area (TPSA) is 45.3 Å². The fourth-order valence-electron chi connectivity index (χ4n) is 3.86. The van der Waals surface area contributed by atoms with Crippen molar-refractivity contribution < 1.29 is 9.53 Å². The Hall–Kier alpha value is -2.59. The standard InChI is InChI=1S/C22H24N2O2/c1-2-24-13-12-19-18-10-6-7-11-20(18)23-21(19)17(14-24)15-26-22(25)16-8-4-3-5-9-16/h3-11,17,23H,2,12-15H2,1H3. The van der Waals surface area contributed by atoms with E-state index in [1.165, 1.54) is 22.2 Å². The molecule has 4 rings (SSSR count). The van der Waals surface area contributed by atoms with Gasteiger partial charge in [0.05, 0.1) is 5.56 Å². The summed E-state index contributed by atoms with van der Waals surface area (Å²) in [4.78, 5) is 18.4. The molecule has 0 aliphatic carbocycles. The minimum atomic E-state index is -0.254. The number of hydrogen-bond acceptors (Lipinski definition) is 3. The van der Waals surface area contributed by atoms with Crippen molar-refractivity contribution in [3.8, 4) is 0 Å². The summed E-state index contributed by atoms with van der Waals surface area (Å²) in [6, 6.07) is 17.6. The molecule has 26 heavy (non-hydrogen) atoms. The van der Waals surface area contributed by atoms with Crippen LogP contribution in [0, 0.1) is 0 Å². The predicted octanol–water partition coefficient (Wildman–Crippen LogP) is 3.99. The minimum absolute atomic E-state index is 0.160. The third-order valence-electron chi connectivity index (χ3n) is 5.28. The molecule has 0 saturated heterocycles. The van der Waals surface area contributed by atoms with Gasteiger partial charge in [0.25, 0.3) is 0 Å². The number of para-hydroxylation sites is 1. The van der Waals surface area contributed by atoms with Gasteiger partial charge in [-0.1, -0.05) is 43.3 Å². The fraction of sp³-hybridized carbons (Fsp3) is 0.318. The Balaban J connectivity index is 1.60. The van der Waals surface area contributed by atoms with Gasteiger partial charge in [0, 0.05) is 35.6 Å². The van der Waals surface area contributed by atoms with Crippen molar-refractivity contribution in [3.05, 3.63) is 71.4 Å². The Morgan fingerprint density at radius 2 is 1.92 bits per heavy atom. The number of aromatic amines is 1. The van der Waals surface area contributed by atoms with E-state index in [9.17, 15) is 4.79 Å². The molecule has 4 nitrogen and oxygen atoms in total. The largest absolute Gasteiger partial charge is 0.461 e. The molecular formula is C22H24N2O2. The number of likely N-dealkylation sites (N-methyl/N-ethyl adjacent to an activating group) is 1. The molecule has 3 aromatic rings. The third-order valence-corrected chi connectivity index (χ3v) is 5.28. The summed E-state index contributed by atoms with van der Waals surface area (Å²) in [5.41, 5.74) is 4.37. The first-order chi connectivity index (χ1) is 12.8. The lowest BCUT2D eigenvalue weighted by Crippen LogP contribution is -2.30. The van der Waals surface area contributed by atoms with Crippen LogP contribution in [-0.2, 0) is 11.2 Å². The van der Waals surface area contributed by atoms with E-state index in [0.29, 0.717) is 12.2 Å². The molecule has 0 radical (unpaired) electrons. The average molecular weight is 348 g/mol. The number of esters is 1. The maximum Gasteiger partial charge on any atom is 0.338 e. The molecule has 0 spiro atoms. The fourth-order valence-corrected chi connectivity index (χ4v) is 3.86. The Bertz CT molecular complexity index is 901. The second-order valence-electron chi connectivity index (χ2n) is 6.87. The Morgan fingerprint density at radius 3 is 2.73 bits per heavy atom. The van der Waals surface area contributed by atoms with Crippen LogP contribution < -0.4 is 0 Å². The normalized spacial score (nSPS) is 17.7. The van der Waals surface area contributed by atoms with Gasteiger partial charge >= 0.3 is 5.97 Å². The first-order valence-corrected chi connectivity index (χ1v) is 9.30. The van der Waals surface area contributed by atoms with Gasteiger partial charge in [-0.15, -0.1) is 0 Å². The van der Waals surface area contributed by atoms with Crippen LogP contribution in [0.15, 0.2) is 54.6 Å². The highest BCUT2D eigenvalue weighted by Crippen LogP contribution is 2.31. The van der Waals surface area contributed by atoms with Crippen LogP contribution in [0.5, 0.6) is 0 Å². The van der Waals surface area contributed by atoms with Crippen molar-refractivity contribution in [2.75, 3.05) is 26.2 Å². The summed E-state index contributed by atoms with van der Waals surface area (Å²) in [5.74, 6) is -0.0944. The molecular weight excluding hydrogens is 324 g/mol. The quantitative estimate of drug-likeness (QED) is 0.725. The van der Waals surface area contributed by atoms with Gasteiger partial charge in [0.2, 0.25) is 0 Å². The number of benzene rings is 2. The van der Waals surface area contributed by atoms with Gasteiger partial charge in [0.15, 0.2) is 0 Å². The van der Waals surface area contributed by atoms with E-state index in [0.717, 1.165) is 26.1 Å². The van der Waals surface area contributed by atoms with E-state index in [4.69, 9.17) is 4.74 Å². The second-order valence-corrected chi connectivity index (χ2v) is 6.87. The lowest BCUT2D eigenvalue weighted by atomic mass is 10.0. The van der Waals surface area contributed by atoms with Crippen molar-refractivity contribution in [1.82, 2.24) is 9.88 Å². The molecule has 1 aliphatic rings. The number of ether oxygens (including phenoxy) is 1. The van der Waals surface area contributed by atoms with E-state index in [1.807, 2.05) is 18.2 Å². The molecule has 1 aromatic heterocycles. The highest BCUT2D eigenvalue weighted by atomic mass is 16.5. The molecule has 4 heteroatoms. The van der Waals surface area contributed by atoms with E-state index in [2.05, 4.69) is 41.1 Å². The van der Waals surface area contributed by atoms with Gasteiger partial charge < -0.3 is 14.6 Å². The van der Waals surface area contributed by atoms with Crippen molar-refractivity contribution in [2.45, 2.75) is 19.3 Å². The second kappa shape index (κ2) is 7.34.